The Morgan fingerprint density at radius 3 is 1.30 bits per heavy atom. The summed E-state index contributed by atoms with van der Waals surface area (Å²) in [7, 11) is 2.21. The molecule has 0 unspecified atom stereocenters. The van der Waals surface area contributed by atoms with Crippen LogP contribution in [0.5, 0.6) is 0 Å². The molecule has 0 amide bonds. The van der Waals surface area contributed by atoms with E-state index in [1.165, 1.54) is 116 Å². The molecule has 0 aromatic heterocycles. The smallest absolute Gasteiger partial charge is 0.320 e. The van der Waals surface area contributed by atoms with Crippen LogP contribution < -0.4 is 5.32 Å². The zero-order valence-corrected chi connectivity index (χ0v) is 20.2. The summed E-state index contributed by atoms with van der Waals surface area (Å²) in [6, 6.07) is 1.11. The SMILES string of the molecule is CCCCCCCCCCCCCCCCCCNCCC[SiH](OC)OC. The third-order valence-electron chi connectivity index (χ3n) is 5.53. The van der Waals surface area contributed by atoms with Crippen LogP contribution in [0.2, 0.25) is 6.04 Å². The maximum Gasteiger partial charge on any atom is 0.320 e. The molecule has 1 N–H and O–H groups in total. The molecule has 0 spiro atoms. The summed E-state index contributed by atoms with van der Waals surface area (Å²) in [5.74, 6) is 0. The highest BCUT2D eigenvalue weighted by molar-refractivity contribution is 6.44. The molecule has 3 nitrogen and oxygen atoms in total. The van der Waals surface area contributed by atoms with Gasteiger partial charge in [-0.05, 0) is 32.0 Å². The van der Waals surface area contributed by atoms with Gasteiger partial charge in [0.1, 0.15) is 0 Å². The van der Waals surface area contributed by atoms with Crippen LogP contribution in [0.25, 0.3) is 0 Å². The lowest BCUT2D eigenvalue weighted by molar-refractivity contribution is 0.276. The predicted molar refractivity (Wildman–Crippen MR) is 123 cm³/mol. The number of hydrogen-bond acceptors (Lipinski definition) is 3. The van der Waals surface area contributed by atoms with Crippen LogP contribution in [0.15, 0.2) is 0 Å². The van der Waals surface area contributed by atoms with Gasteiger partial charge in [-0.2, -0.15) is 0 Å². The highest BCUT2D eigenvalue weighted by Gasteiger charge is 2.07. The molecule has 4 heteroatoms. The molecule has 0 aliphatic rings. The van der Waals surface area contributed by atoms with Gasteiger partial charge in [0.25, 0.3) is 0 Å². The second-order valence-electron chi connectivity index (χ2n) is 8.10. The largest absolute Gasteiger partial charge is 0.400 e. The number of unbranched alkanes of at least 4 members (excludes halogenated alkanes) is 15. The van der Waals surface area contributed by atoms with E-state index in [9.17, 15) is 0 Å². The molecule has 0 rings (SSSR count). The average molecular weight is 402 g/mol. The maximum absolute atomic E-state index is 5.33. The predicted octanol–water partition coefficient (Wildman–Crippen LogP) is 6.74. The Balaban J connectivity index is 3.03. The van der Waals surface area contributed by atoms with E-state index in [4.69, 9.17) is 8.85 Å². The molecule has 0 atom stereocenters. The molecule has 0 saturated heterocycles. The first-order valence-corrected chi connectivity index (χ1v) is 13.9. The van der Waals surface area contributed by atoms with Gasteiger partial charge in [-0.1, -0.05) is 103 Å². The van der Waals surface area contributed by atoms with Gasteiger partial charge >= 0.3 is 9.28 Å². The number of hydrogen-bond donors (Lipinski definition) is 1. The zero-order chi connectivity index (χ0) is 19.8. The van der Waals surface area contributed by atoms with Gasteiger partial charge in [0.2, 0.25) is 0 Å². The third-order valence-corrected chi connectivity index (χ3v) is 7.46. The summed E-state index contributed by atoms with van der Waals surface area (Å²) in [4.78, 5) is 0. The van der Waals surface area contributed by atoms with Crippen molar-refractivity contribution in [2.75, 3.05) is 27.3 Å². The lowest BCUT2D eigenvalue weighted by atomic mass is 10.0. The maximum atomic E-state index is 5.33. The Morgan fingerprint density at radius 1 is 0.519 bits per heavy atom. The van der Waals surface area contributed by atoms with Crippen LogP contribution in [0.3, 0.4) is 0 Å². The molecule has 0 bridgehead atoms. The zero-order valence-electron chi connectivity index (χ0n) is 19.0. The van der Waals surface area contributed by atoms with Crippen LogP contribution in [0, 0.1) is 0 Å². The lowest BCUT2D eigenvalue weighted by Crippen LogP contribution is -2.22. The van der Waals surface area contributed by atoms with Gasteiger partial charge < -0.3 is 14.2 Å². The van der Waals surface area contributed by atoms with Crippen LogP contribution in [-0.4, -0.2) is 36.6 Å². The molecular formula is C23H51NO2Si. The van der Waals surface area contributed by atoms with Crippen molar-refractivity contribution in [1.82, 2.24) is 5.32 Å². The monoisotopic (exact) mass is 401 g/mol. The first kappa shape index (κ1) is 27.1. The van der Waals surface area contributed by atoms with Gasteiger partial charge in [-0.3, -0.25) is 0 Å². The van der Waals surface area contributed by atoms with Crippen LogP contribution in [0.1, 0.15) is 116 Å². The molecule has 0 heterocycles. The summed E-state index contributed by atoms with van der Waals surface area (Å²) in [6.45, 7) is 4.57. The van der Waals surface area contributed by atoms with E-state index < -0.39 is 9.28 Å². The summed E-state index contributed by atoms with van der Waals surface area (Å²) in [5, 5.41) is 3.55. The Kier molecular flexibility index (Phi) is 24.2. The van der Waals surface area contributed by atoms with Crippen molar-refractivity contribution in [3.8, 4) is 0 Å². The normalized spacial score (nSPS) is 11.6. The van der Waals surface area contributed by atoms with Crippen molar-refractivity contribution < 1.29 is 8.85 Å². The number of rotatable bonds is 23. The first-order valence-electron chi connectivity index (χ1n) is 12.1. The summed E-state index contributed by atoms with van der Waals surface area (Å²) in [6.07, 6.45) is 24.2. The number of nitrogens with one attached hydrogen (secondary N) is 1. The molecule has 0 aromatic carbocycles. The Labute approximate surface area is 173 Å². The van der Waals surface area contributed by atoms with E-state index in [1.54, 1.807) is 14.2 Å². The fourth-order valence-corrected chi connectivity index (χ4v) is 4.85. The second kappa shape index (κ2) is 24.1. The fraction of sp³-hybridized carbons (Fsp3) is 1.00. The average Bonchev–Trinajstić information content (AvgIpc) is 2.69. The van der Waals surface area contributed by atoms with Crippen molar-refractivity contribution in [2.24, 2.45) is 0 Å². The highest BCUT2D eigenvalue weighted by atomic mass is 28.3. The summed E-state index contributed by atoms with van der Waals surface area (Å²) >= 11 is 0. The third kappa shape index (κ3) is 22.3. The lowest BCUT2D eigenvalue weighted by Gasteiger charge is -2.10. The van der Waals surface area contributed by atoms with E-state index in [0.29, 0.717) is 0 Å². The van der Waals surface area contributed by atoms with E-state index >= 15 is 0 Å². The topological polar surface area (TPSA) is 30.5 Å². The van der Waals surface area contributed by atoms with Gasteiger partial charge in [0.15, 0.2) is 0 Å². The minimum absolute atomic E-state index is 1.11. The fourth-order valence-electron chi connectivity index (χ4n) is 3.65. The minimum atomic E-state index is -1.33. The van der Waals surface area contributed by atoms with Crippen molar-refractivity contribution in [3.05, 3.63) is 0 Å². The minimum Gasteiger partial charge on any atom is -0.400 e. The van der Waals surface area contributed by atoms with Gasteiger partial charge in [0, 0.05) is 14.2 Å². The molecule has 0 radical (unpaired) electrons. The standard InChI is InChI=1S/C23H51NO2Si/c1-4-5-6-7-8-9-10-11-12-13-14-15-16-17-18-19-21-24-22-20-23-27(25-2)26-3/h24,27H,4-23H2,1-3H3. The van der Waals surface area contributed by atoms with Crippen molar-refractivity contribution in [1.29, 1.82) is 0 Å². The molecule has 0 fully saturated rings. The van der Waals surface area contributed by atoms with Crippen LogP contribution in [-0.2, 0) is 8.85 Å². The Bertz CT molecular complexity index is 263. The molecule has 0 saturated carbocycles. The van der Waals surface area contributed by atoms with E-state index in [0.717, 1.165) is 12.6 Å². The molecule has 0 aromatic rings. The first-order chi connectivity index (χ1) is 13.3. The molecule has 164 valence electrons. The van der Waals surface area contributed by atoms with Crippen molar-refractivity contribution in [3.63, 3.8) is 0 Å². The Hall–Kier alpha value is 0.0969. The second-order valence-corrected chi connectivity index (χ2v) is 10.5. The summed E-state index contributed by atoms with van der Waals surface area (Å²) in [5.41, 5.74) is 0. The van der Waals surface area contributed by atoms with Gasteiger partial charge in [0.05, 0.1) is 0 Å². The van der Waals surface area contributed by atoms with Crippen molar-refractivity contribution in [2.45, 2.75) is 122 Å². The van der Waals surface area contributed by atoms with E-state index in [2.05, 4.69) is 12.2 Å². The van der Waals surface area contributed by atoms with Crippen LogP contribution >= 0.6 is 0 Å². The van der Waals surface area contributed by atoms with Crippen LogP contribution in [0.4, 0.5) is 0 Å². The quantitative estimate of drug-likeness (QED) is 0.152. The molecule has 27 heavy (non-hydrogen) atoms. The van der Waals surface area contributed by atoms with E-state index in [1.807, 2.05) is 0 Å². The summed E-state index contributed by atoms with van der Waals surface area (Å²) < 4.78 is 10.7. The Morgan fingerprint density at radius 2 is 0.889 bits per heavy atom. The van der Waals surface area contributed by atoms with Gasteiger partial charge in [-0.15, -0.1) is 0 Å². The van der Waals surface area contributed by atoms with Crippen molar-refractivity contribution >= 4 is 9.28 Å². The highest BCUT2D eigenvalue weighted by Crippen LogP contribution is 2.13. The molecule has 0 aliphatic carbocycles. The van der Waals surface area contributed by atoms with Gasteiger partial charge in [-0.25, -0.2) is 0 Å². The molecular weight excluding hydrogens is 350 g/mol. The van der Waals surface area contributed by atoms with E-state index in [-0.39, 0.29) is 0 Å². The molecule has 0 aliphatic heterocycles.